The molecule has 2 aromatic carbocycles. The molecule has 2 aromatic rings. The molecule has 0 saturated carbocycles. The molecule has 30 heavy (non-hydrogen) atoms. The maximum absolute atomic E-state index is 12.4. The zero-order valence-electron chi connectivity index (χ0n) is 16.8. The van der Waals surface area contributed by atoms with Crippen LogP contribution in [0.5, 0.6) is 11.5 Å². The van der Waals surface area contributed by atoms with Crippen LogP contribution in [-0.2, 0) is 16.1 Å². The summed E-state index contributed by atoms with van der Waals surface area (Å²) in [4.78, 5) is 12.4. The average Bonchev–Trinajstić information content (AvgIpc) is 2.78. The molecule has 0 radical (unpaired) electrons. The first kappa shape index (κ1) is 22.0. The van der Waals surface area contributed by atoms with Crippen LogP contribution in [0.15, 0.2) is 48.5 Å². The summed E-state index contributed by atoms with van der Waals surface area (Å²) in [6.07, 6.45) is -5.60. The van der Waals surface area contributed by atoms with Crippen molar-refractivity contribution < 1.29 is 39.1 Å². The molecule has 162 valence electrons. The van der Waals surface area contributed by atoms with Gasteiger partial charge in [-0.15, -0.1) is 0 Å². The van der Waals surface area contributed by atoms with Crippen molar-refractivity contribution in [3.05, 3.63) is 59.7 Å². The van der Waals surface area contributed by atoms with Gasteiger partial charge in [0.25, 0.3) is 0 Å². The number of aliphatic hydroxyl groups excluding tert-OH is 3. The highest BCUT2D eigenvalue weighted by Gasteiger charge is 2.42. The van der Waals surface area contributed by atoms with E-state index in [0.717, 1.165) is 5.56 Å². The lowest BCUT2D eigenvalue weighted by molar-refractivity contribution is -0.224. The van der Waals surface area contributed by atoms with Gasteiger partial charge in [0.05, 0.1) is 18.8 Å². The van der Waals surface area contributed by atoms with Crippen LogP contribution in [0, 0.1) is 0 Å². The number of carbonyl (C=O) groups is 1. The monoisotopic (exact) mass is 418 g/mol. The van der Waals surface area contributed by atoms with Crippen LogP contribution in [0.2, 0.25) is 0 Å². The van der Waals surface area contributed by atoms with Crippen LogP contribution in [0.4, 0.5) is 0 Å². The van der Waals surface area contributed by atoms with E-state index in [1.807, 2.05) is 30.3 Å². The number of rotatable bonds is 7. The topological polar surface area (TPSA) is 115 Å². The number of hydrogen-bond acceptors (Lipinski definition) is 8. The van der Waals surface area contributed by atoms with E-state index < -0.39 is 36.5 Å². The Kier molecular flexibility index (Phi) is 7.28. The summed E-state index contributed by atoms with van der Waals surface area (Å²) in [7, 11) is 1.47. The first-order chi connectivity index (χ1) is 14.4. The Bertz CT molecular complexity index is 840. The Morgan fingerprint density at radius 1 is 1.00 bits per heavy atom. The molecule has 3 rings (SSSR count). The minimum atomic E-state index is -1.38. The van der Waals surface area contributed by atoms with Gasteiger partial charge in [-0.2, -0.15) is 0 Å². The minimum Gasteiger partial charge on any atom is -0.493 e. The Morgan fingerprint density at radius 2 is 1.73 bits per heavy atom. The fourth-order valence-corrected chi connectivity index (χ4v) is 3.16. The SMILES string of the molecule is COc1cc(C(=O)OC[C@H]2OC(C)[C@H](O)[C@@H](O)[C@@H]2O)ccc1OCc1ccccc1. The zero-order chi connectivity index (χ0) is 21.7. The number of carbonyl (C=O) groups excluding carboxylic acids is 1. The summed E-state index contributed by atoms with van der Waals surface area (Å²) in [6, 6.07) is 14.3. The Hall–Kier alpha value is -2.65. The molecular weight excluding hydrogens is 392 g/mol. The molecular formula is C22H26O8. The molecule has 0 spiro atoms. The van der Waals surface area contributed by atoms with Gasteiger partial charge in [-0.1, -0.05) is 30.3 Å². The largest absolute Gasteiger partial charge is 0.493 e. The van der Waals surface area contributed by atoms with Crippen molar-refractivity contribution in [2.75, 3.05) is 13.7 Å². The van der Waals surface area contributed by atoms with E-state index in [-0.39, 0.29) is 12.2 Å². The standard InChI is InChI=1S/C22H26O8/c1-13-19(23)21(25)20(24)18(30-13)12-29-22(26)15-8-9-16(17(10-15)27-2)28-11-14-6-4-3-5-7-14/h3-10,13,18-21,23-25H,11-12H2,1-2H3/t13?,18-,19+,20-,21-/m1/s1. The summed E-state index contributed by atoms with van der Waals surface area (Å²) in [6.45, 7) is 1.64. The van der Waals surface area contributed by atoms with Crippen molar-refractivity contribution in [2.24, 2.45) is 0 Å². The third-order valence-corrected chi connectivity index (χ3v) is 4.97. The maximum atomic E-state index is 12.4. The van der Waals surface area contributed by atoms with Gasteiger partial charge in [0, 0.05) is 0 Å². The lowest BCUT2D eigenvalue weighted by atomic mass is 9.96. The van der Waals surface area contributed by atoms with Crippen molar-refractivity contribution in [1.29, 1.82) is 0 Å². The molecule has 0 bridgehead atoms. The molecule has 0 aromatic heterocycles. The Morgan fingerprint density at radius 3 is 2.43 bits per heavy atom. The second-order valence-electron chi connectivity index (χ2n) is 7.09. The van der Waals surface area contributed by atoms with Crippen molar-refractivity contribution in [3.8, 4) is 11.5 Å². The molecule has 1 aliphatic heterocycles. The summed E-state index contributed by atoms with van der Waals surface area (Å²) < 4.78 is 21.7. The third kappa shape index (κ3) is 5.09. The van der Waals surface area contributed by atoms with E-state index >= 15 is 0 Å². The van der Waals surface area contributed by atoms with E-state index in [1.165, 1.54) is 13.2 Å². The first-order valence-electron chi connectivity index (χ1n) is 9.62. The predicted molar refractivity (Wildman–Crippen MR) is 106 cm³/mol. The number of hydrogen-bond donors (Lipinski definition) is 3. The van der Waals surface area contributed by atoms with Crippen molar-refractivity contribution >= 4 is 5.97 Å². The van der Waals surface area contributed by atoms with Crippen molar-refractivity contribution in [1.82, 2.24) is 0 Å². The van der Waals surface area contributed by atoms with Crippen molar-refractivity contribution in [3.63, 3.8) is 0 Å². The molecule has 0 amide bonds. The molecule has 3 N–H and O–H groups in total. The van der Waals surface area contributed by atoms with Crippen LogP contribution in [0.3, 0.4) is 0 Å². The van der Waals surface area contributed by atoms with E-state index in [9.17, 15) is 20.1 Å². The number of methoxy groups -OCH3 is 1. The van der Waals surface area contributed by atoms with E-state index in [4.69, 9.17) is 18.9 Å². The quantitative estimate of drug-likeness (QED) is 0.577. The van der Waals surface area contributed by atoms with E-state index in [1.54, 1.807) is 19.1 Å². The molecule has 8 nitrogen and oxygen atoms in total. The van der Waals surface area contributed by atoms with Crippen molar-refractivity contribution in [2.45, 2.75) is 44.1 Å². The predicted octanol–water partition coefficient (Wildman–Crippen LogP) is 1.30. The number of benzene rings is 2. The second kappa shape index (κ2) is 9.90. The van der Waals surface area contributed by atoms with Gasteiger partial charge >= 0.3 is 5.97 Å². The molecule has 1 fully saturated rings. The van der Waals surface area contributed by atoms with Crippen LogP contribution in [0.1, 0.15) is 22.8 Å². The highest BCUT2D eigenvalue weighted by atomic mass is 16.6. The lowest BCUT2D eigenvalue weighted by Gasteiger charge is -2.38. The number of esters is 1. The summed E-state index contributed by atoms with van der Waals surface area (Å²) in [5, 5.41) is 29.6. The Labute approximate surface area is 174 Å². The number of aliphatic hydroxyl groups is 3. The van der Waals surface area contributed by atoms with Gasteiger partial charge in [0.15, 0.2) is 11.5 Å². The molecule has 1 saturated heterocycles. The first-order valence-corrected chi connectivity index (χ1v) is 9.62. The smallest absolute Gasteiger partial charge is 0.338 e. The highest BCUT2D eigenvalue weighted by Crippen LogP contribution is 2.29. The molecule has 1 unspecified atom stereocenters. The summed E-state index contributed by atoms with van der Waals surface area (Å²) in [5.41, 5.74) is 1.23. The zero-order valence-corrected chi connectivity index (χ0v) is 16.8. The fraction of sp³-hybridized carbons (Fsp3) is 0.409. The van der Waals surface area contributed by atoms with Gasteiger partial charge in [0.1, 0.15) is 37.6 Å². The second-order valence-corrected chi connectivity index (χ2v) is 7.09. The van der Waals surface area contributed by atoms with Crippen LogP contribution in [0.25, 0.3) is 0 Å². The molecule has 1 aliphatic rings. The third-order valence-electron chi connectivity index (χ3n) is 4.97. The normalized spacial score (nSPS) is 26.1. The highest BCUT2D eigenvalue weighted by molar-refractivity contribution is 5.90. The fourth-order valence-electron chi connectivity index (χ4n) is 3.16. The summed E-state index contributed by atoms with van der Waals surface area (Å²) in [5.74, 6) is 0.211. The summed E-state index contributed by atoms with van der Waals surface area (Å²) >= 11 is 0. The van der Waals surface area contributed by atoms with Gasteiger partial charge in [-0.05, 0) is 30.7 Å². The minimum absolute atomic E-state index is 0.234. The Balaban J connectivity index is 1.60. The van der Waals surface area contributed by atoms with E-state index in [0.29, 0.717) is 18.1 Å². The van der Waals surface area contributed by atoms with E-state index in [2.05, 4.69) is 0 Å². The van der Waals surface area contributed by atoms with Gasteiger partial charge in [0.2, 0.25) is 0 Å². The average molecular weight is 418 g/mol. The number of ether oxygens (including phenoxy) is 4. The van der Waals surface area contributed by atoms with Crippen LogP contribution in [-0.4, -0.2) is 65.5 Å². The molecule has 5 atom stereocenters. The van der Waals surface area contributed by atoms with Gasteiger partial charge in [-0.3, -0.25) is 0 Å². The molecule has 0 aliphatic carbocycles. The maximum Gasteiger partial charge on any atom is 0.338 e. The van der Waals surface area contributed by atoms with Crippen LogP contribution >= 0.6 is 0 Å². The molecule has 1 heterocycles. The van der Waals surface area contributed by atoms with Crippen LogP contribution < -0.4 is 9.47 Å². The lowest BCUT2D eigenvalue weighted by Crippen LogP contribution is -2.57. The van der Waals surface area contributed by atoms with Gasteiger partial charge in [-0.25, -0.2) is 4.79 Å². The molecule has 8 heteroatoms. The van der Waals surface area contributed by atoms with Gasteiger partial charge < -0.3 is 34.3 Å².